The van der Waals surface area contributed by atoms with Crippen LogP contribution in [0.3, 0.4) is 0 Å². The van der Waals surface area contributed by atoms with Gasteiger partial charge in [0.25, 0.3) is 0 Å². The van der Waals surface area contributed by atoms with Crippen LogP contribution in [0.5, 0.6) is 5.75 Å². The Bertz CT molecular complexity index is 333. The van der Waals surface area contributed by atoms with E-state index in [4.69, 9.17) is 4.74 Å². The third-order valence-electron chi connectivity index (χ3n) is 1.66. The lowest BCUT2D eigenvalue weighted by atomic mass is 10.2. The van der Waals surface area contributed by atoms with Crippen molar-refractivity contribution in [3.8, 4) is 5.75 Å². The highest BCUT2D eigenvalue weighted by Gasteiger charge is 2.04. The predicted molar refractivity (Wildman–Crippen MR) is 48.9 cm³/mol. The van der Waals surface area contributed by atoms with Crippen LogP contribution in [0.4, 0.5) is 0 Å². The fourth-order valence-electron chi connectivity index (χ4n) is 1.01. The number of hydrogen-bond acceptors (Lipinski definition) is 4. The maximum atomic E-state index is 10.6. The summed E-state index contributed by atoms with van der Waals surface area (Å²) in [5, 5.41) is 0. The number of esters is 1. The lowest BCUT2D eigenvalue weighted by Gasteiger charge is -2.06. The van der Waals surface area contributed by atoms with Gasteiger partial charge in [0.1, 0.15) is 12.4 Å². The second-order valence-electron chi connectivity index (χ2n) is 2.54. The average molecular weight is 194 g/mol. The zero-order valence-electron chi connectivity index (χ0n) is 7.73. The van der Waals surface area contributed by atoms with Crippen molar-refractivity contribution >= 4 is 12.3 Å². The van der Waals surface area contributed by atoms with Gasteiger partial charge in [-0.1, -0.05) is 18.2 Å². The quantitative estimate of drug-likeness (QED) is 0.406. The second-order valence-corrected chi connectivity index (χ2v) is 2.54. The molecular formula is C10H10O4. The molecule has 0 atom stereocenters. The smallest absolute Gasteiger partial charge is 0.371 e. The molecule has 0 heterocycles. The summed E-state index contributed by atoms with van der Waals surface area (Å²) in [6.45, 7) is 0.0432. The SMILES string of the molecule is COc1ccccc1COC(=O)C=O. The molecule has 1 aromatic carbocycles. The van der Waals surface area contributed by atoms with E-state index in [2.05, 4.69) is 4.74 Å². The molecular weight excluding hydrogens is 184 g/mol. The molecule has 0 spiro atoms. The number of aldehydes is 1. The van der Waals surface area contributed by atoms with E-state index in [1.165, 1.54) is 7.11 Å². The fourth-order valence-corrected chi connectivity index (χ4v) is 1.01. The van der Waals surface area contributed by atoms with Crippen LogP contribution < -0.4 is 4.74 Å². The van der Waals surface area contributed by atoms with Gasteiger partial charge in [-0.25, -0.2) is 4.79 Å². The highest BCUT2D eigenvalue weighted by Crippen LogP contribution is 2.17. The van der Waals surface area contributed by atoms with Gasteiger partial charge >= 0.3 is 5.97 Å². The third kappa shape index (κ3) is 2.58. The molecule has 4 nitrogen and oxygen atoms in total. The maximum absolute atomic E-state index is 10.6. The number of methoxy groups -OCH3 is 1. The Morgan fingerprint density at radius 2 is 2.14 bits per heavy atom. The molecule has 0 saturated heterocycles. The van der Waals surface area contributed by atoms with Gasteiger partial charge in [-0.05, 0) is 6.07 Å². The van der Waals surface area contributed by atoms with E-state index in [0.717, 1.165) is 5.56 Å². The Morgan fingerprint density at radius 1 is 1.43 bits per heavy atom. The predicted octanol–water partition coefficient (Wildman–Crippen LogP) is 0.937. The molecule has 74 valence electrons. The maximum Gasteiger partial charge on any atom is 0.371 e. The first-order chi connectivity index (χ1) is 6.77. The summed E-state index contributed by atoms with van der Waals surface area (Å²) in [5.74, 6) is -0.248. The number of ether oxygens (including phenoxy) is 2. The van der Waals surface area contributed by atoms with Gasteiger partial charge in [-0.15, -0.1) is 0 Å². The molecule has 0 unspecified atom stereocenters. The molecule has 0 fully saturated rings. The zero-order valence-corrected chi connectivity index (χ0v) is 7.73. The molecule has 14 heavy (non-hydrogen) atoms. The number of benzene rings is 1. The Hall–Kier alpha value is -1.84. The highest BCUT2D eigenvalue weighted by molar-refractivity contribution is 6.20. The Labute approximate surface area is 81.4 Å². The van der Waals surface area contributed by atoms with Crippen molar-refractivity contribution in [2.45, 2.75) is 6.61 Å². The summed E-state index contributed by atoms with van der Waals surface area (Å²) < 4.78 is 9.66. The first-order valence-corrected chi connectivity index (χ1v) is 4.01. The Morgan fingerprint density at radius 3 is 2.79 bits per heavy atom. The molecule has 0 saturated carbocycles. The Kier molecular flexibility index (Phi) is 3.67. The number of hydrogen-bond donors (Lipinski definition) is 0. The minimum Gasteiger partial charge on any atom is -0.496 e. The topological polar surface area (TPSA) is 52.6 Å². The van der Waals surface area contributed by atoms with Crippen LogP contribution in [0.2, 0.25) is 0 Å². The van der Waals surface area contributed by atoms with E-state index >= 15 is 0 Å². The van der Waals surface area contributed by atoms with E-state index in [1.54, 1.807) is 18.2 Å². The van der Waals surface area contributed by atoms with Crippen LogP contribution in [-0.4, -0.2) is 19.4 Å². The summed E-state index contributed by atoms with van der Waals surface area (Å²) in [6, 6.07) is 7.12. The van der Waals surface area contributed by atoms with Gasteiger partial charge < -0.3 is 9.47 Å². The first kappa shape index (κ1) is 10.2. The summed E-state index contributed by atoms with van der Waals surface area (Å²) in [6.07, 6.45) is 0.134. The zero-order chi connectivity index (χ0) is 10.4. The van der Waals surface area contributed by atoms with E-state index in [1.807, 2.05) is 6.07 Å². The number of carbonyl (C=O) groups excluding carboxylic acids is 2. The van der Waals surface area contributed by atoms with Crippen LogP contribution >= 0.6 is 0 Å². The average Bonchev–Trinajstić information content (AvgIpc) is 2.26. The van der Waals surface area contributed by atoms with Crippen molar-refractivity contribution in [3.63, 3.8) is 0 Å². The normalized spacial score (nSPS) is 9.21. The molecule has 4 heteroatoms. The minimum atomic E-state index is -0.879. The minimum absolute atomic E-state index is 0.0432. The molecule has 0 aliphatic carbocycles. The highest BCUT2D eigenvalue weighted by atomic mass is 16.5. The summed E-state index contributed by atoms with van der Waals surface area (Å²) in [7, 11) is 1.53. The van der Waals surface area contributed by atoms with Crippen LogP contribution in [0.25, 0.3) is 0 Å². The van der Waals surface area contributed by atoms with Crippen molar-refractivity contribution in [3.05, 3.63) is 29.8 Å². The fraction of sp³-hybridized carbons (Fsp3) is 0.200. The molecule has 0 bridgehead atoms. The molecule has 0 aliphatic heterocycles. The first-order valence-electron chi connectivity index (χ1n) is 4.01. The largest absolute Gasteiger partial charge is 0.496 e. The molecule has 1 aromatic rings. The second kappa shape index (κ2) is 5.01. The van der Waals surface area contributed by atoms with Crippen LogP contribution in [0.1, 0.15) is 5.56 Å². The summed E-state index contributed by atoms with van der Waals surface area (Å²) in [5.41, 5.74) is 0.727. The summed E-state index contributed by atoms with van der Waals surface area (Å²) >= 11 is 0. The van der Waals surface area contributed by atoms with Gasteiger partial charge in [0.15, 0.2) is 0 Å². The van der Waals surface area contributed by atoms with Gasteiger partial charge in [0.2, 0.25) is 6.29 Å². The molecule has 0 amide bonds. The van der Waals surface area contributed by atoms with Gasteiger partial charge in [0, 0.05) is 5.56 Å². The van der Waals surface area contributed by atoms with Gasteiger partial charge in [-0.3, -0.25) is 4.79 Å². The monoisotopic (exact) mass is 194 g/mol. The molecule has 0 N–H and O–H groups in total. The Balaban J connectivity index is 2.66. The van der Waals surface area contributed by atoms with Crippen molar-refractivity contribution in [2.75, 3.05) is 7.11 Å². The van der Waals surface area contributed by atoms with Gasteiger partial charge in [0.05, 0.1) is 7.11 Å². The van der Waals surface area contributed by atoms with Crippen molar-refractivity contribution in [1.82, 2.24) is 0 Å². The molecule has 0 aromatic heterocycles. The van der Waals surface area contributed by atoms with Crippen molar-refractivity contribution < 1.29 is 19.1 Å². The number of para-hydroxylation sites is 1. The van der Waals surface area contributed by atoms with E-state index < -0.39 is 5.97 Å². The van der Waals surface area contributed by atoms with Crippen molar-refractivity contribution in [2.24, 2.45) is 0 Å². The van der Waals surface area contributed by atoms with Crippen LogP contribution in [0.15, 0.2) is 24.3 Å². The lowest BCUT2D eigenvalue weighted by molar-refractivity contribution is -0.149. The van der Waals surface area contributed by atoms with E-state index in [9.17, 15) is 9.59 Å². The number of rotatable bonds is 4. The lowest BCUT2D eigenvalue weighted by Crippen LogP contribution is -2.05. The van der Waals surface area contributed by atoms with E-state index in [0.29, 0.717) is 5.75 Å². The molecule has 1 rings (SSSR count). The summed E-state index contributed by atoms with van der Waals surface area (Å²) in [4.78, 5) is 20.5. The molecule has 0 radical (unpaired) electrons. The van der Waals surface area contributed by atoms with Crippen LogP contribution in [0, 0.1) is 0 Å². The van der Waals surface area contributed by atoms with E-state index in [-0.39, 0.29) is 12.9 Å². The van der Waals surface area contributed by atoms with Crippen molar-refractivity contribution in [1.29, 1.82) is 0 Å². The molecule has 0 aliphatic rings. The standard InChI is InChI=1S/C10H10O4/c1-13-9-5-3-2-4-8(9)7-14-10(12)6-11/h2-6H,7H2,1H3. The third-order valence-corrected chi connectivity index (χ3v) is 1.66. The van der Waals surface area contributed by atoms with Gasteiger partial charge in [-0.2, -0.15) is 0 Å². The van der Waals surface area contributed by atoms with Crippen LogP contribution in [-0.2, 0) is 20.9 Å². The number of carbonyl (C=O) groups is 2.